The molecule has 0 heterocycles. The third kappa shape index (κ3) is 7.81. The molecule has 1 amide bonds. The third-order valence-corrected chi connectivity index (χ3v) is 4.58. The van der Waals surface area contributed by atoms with Gasteiger partial charge >= 0.3 is 0 Å². The summed E-state index contributed by atoms with van der Waals surface area (Å²) in [4.78, 5) is 14.3. The van der Waals surface area contributed by atoms with Gasteiger partial charge in [0.15, 0.2) is 0 Å². The van der Waals surface area contributed by atoms with Gasteiger partial charge in [0.1, 0.15) is 24.3 Å². The molecule has 2 aromatic carbocycles. The number of hydrogen-bond acceptors (Lipinski definition) is 5. The van der Waals surface area contributed by atoms with E-state index in [1.807, 2.05) is 36.9 Å². The van der Waals surface area contributed by atoms with Gasteiger partial charge in [-0.05, 0) is 55.3 Å². The highest BCUT2D eigenvalue weighted by Crippen LogP contribution is 2.18. The Morgan fingerprint density at radius 1 is 1.21 bits per heavy atom. The van der Waals surface area contributed by atoms with Gasteiger partial charge in [0.05, 0.1) is 13.2 Å². The van der Waals surface area contributed by atoms with Crippen LogP contribution in [0.25, 0.3) is 0 Å². The Bertz CT molecular complexity index is 783. The predicted molar refractivity (Wildman–Crippen MR) is 111 cm³/mol. The number of carbonyl (C=O) groups excluding carboxylic acids is 1. The van der Waals surface area contributed by atoms with Crippen molar-refractivity contribution in [2.75, 3.05) is 45.3 Å². The number of ether oxygens (including phenoxy) is 2. The summed E-state index contributed by atoms with van der Waals surface area (Å²) in [5.74, 6) is -0.0403. The number of halogens is 1. The summed E-state index contributed by atoms with van der Waals surface area (Å²) in [6.07, 6.45) is -0.814. The van der Waals surface area contributed by atoms with E-state index in [2.05, 4.69) is 5.32 Å². The van der Waals surface area contributed by atoms with Crippen molar-refractivity contribution in [1.82, 2.24) is 4.90 Å². The van der Waals surface area contributed by atoms with Crippen molar-refractivity contribution in [1.29, 1.82) is 0 Å². The molecule has 0 aromatic heterocycles. The zero-order valence-electron chi connectivity index (χ0n) is 17.2. The number of aliphatic hydroxyl groups excluding tert-OH is 1. The van der Waals surface area contributed by atoms with Crippen LogP contribution in [-0.4, -0.2) is 62.0 Å². The van der Waals surface area contributed by atoms with E-state index in [-0.39, 0.29) is 31.4 Å². The minimum atomic E-state index is -0.814. The molecule has 0 bridgehead atoms. The molecular formula is C22H29FN2O4. The van der Waals surface area contributed by atoms with Gasteiger partial charge in [-0.15, -0.1) is 0 Å². The van der Waals surface area contributed by atoms with Crippen molar-refractivity contribution in [2.45, 2.75) is 20.0 Å². The fourth-order valence-corrected chi connectivity index (χ4v) is 2.81. The summed E-state index contributed by atoms with van der Waals surface area (Å²) >= 11 is 0. The van der Waals surface area contributed by atoms with Gasteiger partial charge < -0.3 is 19.9 Å². The maximum Gasteiger partial charge on any atom is 0.238 e. The fourth-order valence-electron chi connectivity index (χ4n) is 2.81. The first-order chi connectivity index (χ1) is 13.9. The van der Waals surface area contributed by atoms with Crippen LogP contribution in [-0.2, 0) is 9.53 Å². The van der Waals surface area contributed by atoms with Crippen LogP contribution in [0.15, 0.2) is 42.5 Å². The second kappa shape index (κ2) is 11.5. The molecule has 158 valence electrons. The molecule has 2 rings (SSSR count). The van der Waals surface area contributed by atoms with Crippen LogP contribution < -0.4 is 10.1 Å². The standard InChI is InChI=1S/C22H29FN2O4/c1-16-5-4-6-21(17(16)2)24-22(27)14-25(11-12-28-3)13-19(26)15-29-20-9-7-18(23)8-10-20/h4-10,19,26H,11-15H2,1-3H3,(H,24,27)/t19-/m1/s1. The van der Waals surface area contributed by atoms with Crippen molar-refractivity contribution >= 4 is 11.6 Å². The second-order valence-electron chi connectivity index (χ2n) is 6.94. The molecule has 7 heteroatoms. The van der Waals surface area contributed by atoms with Gasteiger partial charge in [0, 0.05) is 25.9 Å². The lowest BCUT2D eigenvalue weighted by Gasteiger charge is -2.24. The highest BCUT2D eigenvalue weighted by molar-refractivity contribution is 5.93. The molecule has 1 atom stereocenters. The molecule has 2 N–H and O–H groups in total. The molecule has 2 aromatic rings. The van der Waals surface area contributed by atoms with E-state index in [0.717, 1.165) is 16.8 Å². The lowest BCUT2D eigenvalue weighted by atomic mass is 10.1. The van der Waals surface area contributed by atoms with E-state index in [0.29, 0.717) is 18.9 Å². The van der Waals surface area contributed by atoms with Gasteiger partial charge in [-0.25, -0.2) is 4.39 Å². The normalized spacial score (nSPS) is 12.1. The zero-order chi connectivity index (χ0) is 21.2. The highest BCUT2D eigenvalue weighted by Gasteiger charge is 2.16. The van der Waals surface area contributed by atoms with E-state index >= 15 is 0 Å². The molecular weight excluding hydrogens is 375 g/mol. The molecule has 0 aliphatic heterocycles. The number of aliphatic hydroxyl groups is 1. The number of nitrogens with one attached hydrogen (secondary N) is 1. The molecule has 0 radical (unpaired) electrons. The number of amides is 1. The summed E-state index contributed by atoms with van der Waals surface area (Å²) in [7, 11) is 1.59. The summed E-state index contributed by atoms with van der Waals surface area (Å²) in [5.41, 5.74) is 2.91. The van der Waals surface area contributed by atoms with E-state index in [1.54, 1.807) is 7.11 Å². The summed E-state index contributed by atoms with van der Waals surface area (Å²) < 4.78 is 23.5. The Labute approximate surface area is 171 Å². The average Bonchev–Trinajstić information content (AvgIpc) is 2.69. The maximum atomic E-state index is 12.9. The van der Waals surface area contributed by atoms with E-state index in [1.165, 1.54) is 24.3 Å². The number of methoxy groups -OCH3 is 1. The zero-order valence-corrected chi connectivity index (χ0v) is 17.2. The second-order valence-corrected chi connectivity index (χ2v) is 6.94. The lowest BCUT2D eigenvalue weighted by Crippen LogP contribution is -2.42. The molecule has 6 nitrogen and oxygen atoms in total. The van der Waals surface area contributed by atoms with E-state index in [4.69, 9.17) is 9.47 Å². The Morgan fingerprint density at radius 3 is 2.62 bits per heavy atom. The minimum absolute atomic E-state index is 0.0354. The third-order valence-electron chi connectivity index (χ3n) is 4.58. The Balaban J connectivity index is 1.88. The predicted octanol–water partition coefficient (Wildman–Crippen LogP) is 2.77. The molecule has 0 fully saturated rings. The van der Waals surface area contributed by atoms with Crippen LogP contribution in [0, 0.1) is 19.7 Å². The molecule has 0 aliphatic rings. The number of rotatable bonds is 11. The van der Waals surface area contributed by atoms with Crippen molar-refractivity contribution in [2.24, 2.45) is 0 Å². The van der Waals surface area contributed by atoms with Crippen molar-refractivity contribution in [3.63, 3.8) is 0 Å². The fraction of sp³-hybridized carbons (Fsp3) is 0.409. The van der Waals surface area contributed by atoms with Crippen LogP contribution >= 0.6 is 0 Å². The number of aryl methyl sites for hydroxylation is 1. The monoisotopic (exact) mass is 404 g/mol. The van der Waals surface area contributed by atoms with E-state index < -0.39 is 6.10 Å². The molecule has 0 saturated heterocycles. The quantitative estimate of drug-likeness (QED) is 0.603. The van der Waals surface area contributed by atoms with Crippen LogP contribution in [0.2, 0.25) is 0 Å². The van der Waals surface area contributed by atoms with E-state index in [9.17, 15) is 14.3 Å². The minimum Gasteiger partial charge on any atom is -0.491 e. The molecule has 0 saturated carbocycles. The summed E-state index contributed by atoms with van der Waals surface area (Å²) in [5, 5.41) is 13.2. The van der Waals surface area contributed by atoms with Crippen LogP contribution in [0.1, 0.15) is 11.1 Å². The summed E-state index contributed by atoms with van der Waals surface area (Å²) in [6.45, 7) is 5.27. The van der Waals surface area contributed by atoms with Crippen LogP contribution in [0.3, 0.4) is 0 Å². The molecule has 0 spiro atoms. The smallest absolute Gasteiger partial charge is 0.238 e. The number of carbonyl (C=O) groups is 1. The van der Waals surface area contributed by atoms with Gasteiger partial charge in [-0.1, -0.05) is 12.1 Å². The Kier molecular flexibility index (Phi) is 9.05. The molecule has 0 aliphatic carbocycles. The lowest BCUT2D eigenvalue weighted by molar-refractivity contribution is -0.117. The van der Waals surface area contributed by atoms with Crippen molar-refractivity contribution in [3.05, 3.63) is 59.4 Å². The van der Waals surface area contributed by atoms with Gasteiger partial charge in [-0.2, -0.15) is 0 Å². The van der Waals surface area contributed by atoms with Gasteiger partial charge in [0.25, 0.3) is 0 Å². The summed E-state index contributed by atoms with van der Waals surface area (Å²) in [6, 6.07) is 11.4. The van der Waals surface area contributed by atoms with Gasteiger partial charge in [-0.3, -0.25) is 9.69 Å². The number of benzene rings is 2. The average molecular weight is 404 g/mol. The topological polar surface area (TPSA) is 71.0 Å². The highest BCUT2D eigenvalue weighted by atomic mass is 19.1. The number of anilines is 1. The number of hydrogen-bond donors (Lipinski definition) is 2. The molecule has 29 heavy (non-hydrogen) atoms. The van der Waals surface area contributed by atoms with Crippen LogP contribution in [0.4, 0.5) is 10.1 Å². The Morgan fingerprint density at radius 2 is 1.93 bits per heavy atom. The SMILES string of the molecule is COCCN(CC(=O)Nc1cccc(C)c1C)C[C@@H](O)COc1ccc(F)cc1. The van der Waals surface area contributed by atoms with Crippen molar-refractivity contribution < 1.29 is 23.8 Å². The first kappa shape index (κ1) is 22.8. The Hall–Kier alpha value is -2.48. The largest absolute Gasteiger partial charge is 0.491 e. The van der Waals surface area contributed by atoms with Crippen molar-refractivity contribution in [3.8, 4) is 5.75 Å². The van der Waals surface area contributed by atoms with Gasteiger partial charge in [0.2, 0.25) is 5.91 Å². The van der Waals surface area contributed by atoms with Crippen LogP contribution in [0.5, 0.6) is 5.75 Å². The first-order valence-corrected chi connectivity index (χ1v) is 9.53. The first-order valence-electron chi connectivity index (χ1n) is 9.53. The molecule has 0 unspecified atom stereocenters. The maximum absolute atomic E-state index is 12.9. The number of nitrogens with zero attached hydrogens (tertiary/aromatic N) is 1.